The Hall–Kier alpha value is -2.15. The molecule has 1 aromatic carbocycles. The second-order valence-electron chi connectivity index (χ2n) is 4.55. The molecule has 0 aliphatic heterocycles. The minimum Gasteiger partial charge on any atom is -0.478 e. The van der Waals surface area contributed by atoms with E-state index in [1.807, 2.05) is 0 Å². The highest BCUT2D eigenvalue weighted by atomic mass is 16.6. The highest BCUT2D eigenvalue weighted by Crippen LogP contribution is 2.29. The molecule has 0 aromatic heterocycles. The number of rotatable bonds is 7. The Balaban J connectivity index is 3.15. The molecule has 7 heteroatoms. The van der Waals surface area contributed by atoms with Crippen molar-refractivity contribution in [3.8, 4) is 0 Å². The molecule has 0 radical (unpaired) electrons. The summed E-state index contributed by atoms with van der Waals surface area (Å²) in [4.78, 5) is 21.5. The van der Waals surface area contributed by atoms with Crippen molar-refractivity contribution in [2.24, 2.45) is 0 Å². The number of hydrogen-bond acceptors (Lipinski definition) is 5. The van der Waals surface area contributed by atoms with E-state index in [4.69, 9.17) is 5.11 Å². The van der Waals surface area contributed by atoms with Gasteiger partial charge in [-0.1, -0.05) is 19.9 Å². The van der Waals surface area contributed by atoms with E-state index in [-0.39, 0.29) is 23.5 Å². The van der Waals surface area contributed by atoms with E-state index in [2.05, 4.69) is 5.32 Å². The quantitative estimate of drug-likeness (QED) is 0.522. The zero-order valence-corrected chi connectivity index (χ0v) is 11.4. The lowest BCUT2D eigenvalue weighted by Crippen LogP contribution is -2.35. The Morgan fingerprint density at radius 3 is 2.45 bits per heavy atom. The predicted molar refractivity (Wildman–Crippen MR) is 74.1 cm³/mol. The molecular formula is C13H18N2O5. The number of aromatic carboxylic acids is 1. The number of nitro benzene ring substituents is 1. The summed E-state index contributed by atoms with van der Waals surface area (Å²) < 4.78 is 0. The van der Waals surface area contributed by atoms with E-state index < -0.39 is 16.5 Å². The zero-order valence-electron chi connectivity index (χ0n) is 11.4. The highest BCUT2D eigenvalue weighted by molar-refractivity contribution is 5.96. The average Bonchev–Trinajstić information content (AvgIpc) is 2.44. The fraction of sp³-hybridized carbons (Fsp3) is 0.462. The number of anilines is 1. The van der Waals surface area contributed by atoms with Gasteiger partial charge >= 0.3 is 5.97 Å². The number of nitro groups is 1. The van der Waals surface area contributed by atoms with E-state index >= 15 is 0 Å². The number of benzene rings is 1. The third kappa shape index (κ3) is 3.45. The highest BCUT2D eigenvalue weighted by Gasteiger charge is 2.26. The van der Waals surface area contributed by atoms with Crippen LogP contribution in [0.15, 0.2) is 18.2 Å². The number of carboxylic acids is 1. The molecule has 3 N–H and O–H groups in total. The molecule has 0 spiro atoms. The van der Waals surface area contributed by atoms with Crippen molar-refractivity contribution >= 4 is 17.3 Å². The topological polar surface area (TPSA) is 113 Å². The number of carboxylic acid groups (broad SMARTS) is 1. The molecular weight excluding hydrogens is 264 g/mol. The largest absolute Gasteiger partial charge is 0.478 e. The van der Waals surface area contributed by atoms with Gasteiger partial charge in [0.1, 0.15) is 5.69 Å². The Labute approximate surface area is 116 Å². The molecule has 7 nitrogen and oxygen atoms in total. The number of nitrogens with one attached hydrogen (secondary N) is 1. The average molecular weight is 282 g/mol. The summed E-state index contributed by atoms with van der Waals surface area (Å²) in [5.41, 5.74) is -1.61. The van der Waals surface area contributed by atoms with Crippen molar-refractivity contribution in [2.45, 2.75) is 32.3 Å². The molecule has 0 aliphatic carbocycles. The van der Waals surface area contributed by atoms with E-state index in [1.165, 1.54) is 18.2 Å². The second kappa shape index (κ2) is 6.33. The molecule has 1 rings (SSSR count). The van der Waals surface area contributed by atoms with Gasteiger partial charge in [0, 0.05) is 12.6 Å². The summed E-state index contributed by atoms with van der Waals surface area (Å²) in [6, 6.07) is 3.83. The number of carbonyl (C=O) groups is 1. The molecule has 0 fully saturated rings. The maximum Gasteiger partial charge on any atom is 0.338 e. The fourth-order valence-corrected chi connectivity index (χ4v) is 1.81. The fourth-order valence-electron chi connectivity index (χ4n) is 1.81. The van der Waals surface area contributed by atoms with Crippen LogP contribution in [0.1, 0.15) is 37.0 Å². The molecule has 0 bridgehead atoms. The van der Waals surface area contributed by atoms with Crippen LogP contribution in [0.4, 0.5) is 11.4 Å². The van der Waals surface area contributed by atoms with Crippen LogP contribution in [0, 0.1) is 10.1 Å². The molecule has 0 saturated carbocycles. The predicted octanol–water partition coefficient (Wildman–Crippen LogP) is 2.26. The van der Waals surface area contributed by atoms with Crippen LogP contribution < -0.4 is 5.32 Å². The van der Waals surface area contributed by atoms with Gasteiger partial charge < -0.3 is 15.5 Å². The molecule has 110 valence electrons. The lowest BCUT2D eigenvalue weighted by molar-refractivity contribution is -0.384. The molecule has 0 atom stereocenters. The van der Waals surface area contributed by atoms with Crippen molar-refractivity contribution < 1.29 is 19.9 Å². The molecule has 0 unspecified atom stereocenters. The van der Waals surface area contributed by atoms with Crippen molar-refractivity contribution in [1.29, 1.82) is 0 Å². The zero-order chi connectivity index (χ0) is 15.3. The molecule has 0 aliphatic rings. The Bertz CT molecular complexity index is 479. The first-order chi connectivity index (χ1) is 9.34. The summed E-state index contributed by atoms with van der Waals surface area (Å²) in [6.45, 7) is 3.64. The summed E-state index contributed by atoms with van der Waals surface area (Å²) in [5.74, 6) is -1.26. The van der Waals surface area contributed by atoms with Crippen LogP contribution in [0.3, 0.4) is 0 Å². The van der Waals surface area contributed by atoms with Crippen LogP contribution in [-0.4, -0.2) is 33.3 Å². The van der Waals surface area contributed by atoms with Crippen LogP contribution in [0.5, 0.6) is 0 Å². The van der Waals surface area contributed by atoms with Crippen molar-refractivity contribution in [3.05, 3.63) is 33.9 Å². The van der Waals surface area contributed by atoms with Gasteiger partial charge in [-0.3, -0.25) is 10.1 Å². The summed E-state index contributed by atoms with van der Waals surface area (Å²) in [7, 11) is 0. The standard InChI is InChI=1S/C13H18N2O5/c1-3-13(18,4-2)8-14-11-9(12(16)17)6-5-7-10(11)15(19)20/h5-7,14,18H,3-4,8H2,1-2H3,(H,16,17). The Morgan fingerprint density at radius 1 is 1.40 bits per heavy atom. The van der Waals surface area contributed by atoms with Gasteiger partial charge in [-0.15, -0.1) is 0 Å². The first kappa shape index (κ1) is 15.9. The van der Waals surface area contributed by atoms with Crippen LogP contribution in [-0.2, 0) is 0 Å². The van der Waals surface area contributed by atoms with E-state index in [0.717, 1.165) is 0 Å². The number of para-hydroxylation sites is 1. The SMILES string of the molecule is CCC(O)(CC)CNc1c(C(=O)O)cccc1[N+](=O)[O-]. The molecule has 0 heterocycles. The second-order valence-corrected chi connectivity index (χ2v) is 4.55. The third-order valence-corrected chi connectivity index (χ3v) is 3.38. The van der Waals surface area contributed by atoms with Gasteiger partial charge in [0.15, 0.2) is 0 Å². The minimum atomic E-state index is -1.26. The van der Waals surface area contributed by atoms with E-state index in [0.29, 0.717) is 12.8 Å². The number of nitrogens with zero attached hydrogens (tertiary/aromatic N) is 1. The van der Waals surface area contributed by atoms with Crippen molar-refractivity contribution in [1.82, 2.24) is 0 Å². The van der Waals surface area contributed by atoms with E-state index in [9.17, 15) is 20.0 Å². The summed E-state index contributed by atoms with van der Waals surface area (Å²) >= 11 is 0. The van der Waals surface area contributed by atoms with Gasteiger partial charge in [0.05, 0.1) is 16.1 Å². The maximum absolute atomic E-state index is 11.1. The number of aliphatic hydroxyl groups is 1. The summed E-state index contributed by atoms with van der Waals surface area (Å²) in [5, 5.41) is 32.9. The molecule has 0 saturated heterocycles. The third-order valence-electron chi connectivity index (χ3n) is 3.38. The lowest BCUT2D eigenvalue weighted by atomic mass is 9.97. The first-order valence-electron chi connectivity index (χ1n) is 6.31. The molecule has 20 heavy (non-hydrogen) atoms. The minimum absolute atomic E-state index is 0.0468. The molecule has 0 amide bonds. The number of hydrogen-bond donors (Lipinski definition) is 3. The van der Waals surface area contributed by atoms with Crippen molar-refractivity contribution in [3.63, 3.8) is 0 Å². The first-order valence-corrected chi connectivity index (χ1v) is 6.31. The van der Waals surface area contributed by atoms with Crippen LogP contribution >= 0.6 is 0 Å². The van der Waals surface area contributed by atoms with Gasteiger partial charge in [-0.2, -0.15) is 0 Å². The van der Waals surface area contributed by atoms with E-state index in [1.54, 1.807) is 13.8 Å². The van der Waals surface area contributed by atoms with Gasteiger partial charge in [0.2, 0.25) is 0 Å². The normalized spacial score (nSPS) is 11.2. The van der Waals surface area contributed by atoms with Crippen LogP contribution in [0.2, 0.25) is 0 Å². The molecule has 1 aromatic rings. The Kier molecular flexibility index (Phi) is 5.04. The maximum atomic E-state index is 11.1. The lowest BCUT2D eigenvalue weighted by Gasteiger charge is -2.26. The smallest absolute Gasteiger partial charge is 0.338 e. The van der Waals surface area contributed by atoms with Gasteiger partial charge in [-0.05, 0) is 18.9 Å². The van der Waals surface area contributed by atoms with Gasteiger partial charge in [0.25, 0.3) is 5.69 Å². The van der Waals surface area contributed by atoms with Crippen molar-refractivity contribution in [2.75, 3.05) is 11.9 Å². The van der Waals surface area contributed by atoms with Crippen LogP contribution in [0.25, 0.3) is 0 Å². The Morgan fingerprint density at radius 2 is 2.00 bits per heavy atom. The summed E-state index contributed by atoms with van der Waals surface area (Å²) in [6.07, 6.45) is 0.916. The van der Waals surface area contributed by atoms with Gasteiger partial charge in [-0.25, -0.2) is 4.79 Å². The monoisotopic (exact) mass is 282 g/mol.